The third-order valence-corrected chi connectivity index (χ3v) is 4.74. The van der Waals surface area contributed by atoms with Gasteiger partial charge in [0.15, 0.2) is 6.10 Å². The van der Waals surface area contributed by atoms with Crippen molar-refractivity contribution in [2.45, 2.75) is 39.4 Å². The molecule has 2 N–H and O–H groups in total. The third kappa shape index (κ3) is 4.84. The number of fused-ring (bicyclic) bond motifs is 1. The van der Waals surface area contributed by atoms with Crippen LogP contribution in [0.4, 0.5) is 0 Å². The van der Waals surface area contributed by atoms with Crippen LogP contribution >= 0.6 is 0 Å². The van der Waals surface area contributed by atoms with Gasteiger partial charge in [0.25, 0.3) is 5.91 Å². The molecule has 3 rings (SSSR count). The highest BCUT2D eigenvalue weighted by atomic mass is 16.5. The smallest absolute Gasteiger partial charge is 0.336 e. The number of amides is 1. The number of carbonyl (C=O) groups is 1. The van der Waals surface area contributed by atoms with E-state index in [0.29, 0.717) is 23.1 Å². The van der Waals surface area contributed by atoms with Gasteiger partial charge in [0.1, 0.15) is 11.3 Å². The first kappa shape index (κ1) is 20.6. The molecule has 6 nitrogen and oxygen atoms in total. The molecule has 2 atom stereocenters. The monoisotopic (exact) mass is 395 g/mol. The zero-order valence-electron chi connectivity index (χ0n) is 16.8. The average molecular weight is 395 g/mol. The lowest BCUT2D eigenvalue weighted by molar-refractivity contribution is -0.127. The largest absolute Gasteiger partial charge is 0.480 e. The molecule has 1 amide bonds. The van der Waals surface area contributed by atoms with Gasteiger partial charge in [0.05, 0.1) is 11.5 Å². The molecule has 0 bridgehead atoms. The van der Waals surface area contributed by atoms with E-state index in [1.54, 1.807) is 25.1 Å². The lowest BCUT2D eigenvalue weighted by Gasteiger charge is -2.19. The van der Waals surface area contributed by atoms with E-state index in [1.807, 2.05) is 38.1 Å². The van der Waals surface area contributed by atoms with Crippen LogP contribution in [0.1, 0.15) is 36.6 Å². The van der Waals surface area contributed by atoms with Crippen molar-refractivity contribution in [3.63, 3.8) is 0 Å². The zero-order chi connectivity index (χ0) is 21.0. The van der Waals surface area contributed by atoms with Crippen LogP contribution in [0.25, 0.3) is 11.0 Å². The van der Waals surface area contributed by atoms with Crippen molar-refractivity contribution in [2.75, 3.05) is 6.54 Å². The molecule has 1 aromatic heterocycles. The second-order valence-corrected chi connectivity index (χ2v) is 7.01. The van der Waals surface area contributed by atoms with Crippen LogP contribution in [0.15, 0.2) is 57.7 Å². The van der Waals surface area contributed by atoms with E-state index < -0.39 is 17.8 Å². The van der Waals surface area contributed by atoms with Crippen LogP contribution in [0, 0.1) is 6.92 Å². The number of hydrogen-bond acceptors (Lipinski definition) is 5. The maximum Gasteiger partial charge on any atom is 0.336 e. The Balaban J connectivity index is 1.76. The minimum atomic E-state index is -0.798. The summed E-state index contributed by atoms with van der Waals surface area (Å²) in [5, 5.41) is 13.6. The Morgan fingerprint density at radius 1 is 1.21 bits per heavy atom. The first-order valence-corrected chi connectivity index (χ1v) is 9.63. The quantitative estimate of drug-likeness (QED) is 0.600. The number of benzene rings is 2. The highest BCUT2D eigenvalue weighted by molar-refractivity contribution is 5.88. The van der Waals surface area contributed by atoms with E-state index in [9.17, 15) is 14.7 Å². The minimum Gasteiger partial charge on any atom is -0.480 e. The molecule has 29 heavy (non-hydrogen) atoms. The van der Waals surface area contributed by atoms with E-state index in [2.05, 4.69) is 5.32 Å². The molecule has 0 unspecified atom stereocenters. The van der Waals surface area contributed by atoms with Crippen LogP contribution in [0.2, 0.25) is 0 Å². The molecular weight excluding hydrogens is 370 g/mol. The summed E-state index contributed by atoms with van der Waals surface area (Å²) in [5.41, 5.74) is 2.42. The molecule has 0 spiro atoms. The van der Waals surface area contributed by atoms with Crippen molar-refractivity contribution in [3.05, 3.63) is 75.6 Å². The molecule has 0 fully saturated rings. The van der Waals surface area contributed by atoms with Crippen molar-refractivity contribution in [1.82, 2.24) is 5.32 Å². The SMILES string of the molecule is CCc1cc(=O)oc2cc(C)cc(O[C@@H](C)C(=O)NC[C@@H](O)c3ccccc3)c12. The molecule has 0 radical (unpaired) electrons. The molecule has 6 heteroatoms. The van der Waals surface area contributed by atoms with Gasteiger partial charge in [-0.1, -0.05) is 37.3 Å². The number of hydrogen-bond donors (Lipinski definition) is 2. The van der Waals surface area contributed by atoms with Gasteiger partial charge in [-0.3, -0.25) is 4.79 Å². The summed E-state index contributed by atoms with van der Waals surface area (Å²) in [6, 6.07) is 14.2. The number of nitrogens with one attached hydrogen (secondary N) is 1. The minimum absolute atomic E-state index is 0.0835. The Bertz CT molecular complexity index is 1060. The van der Waals surface area contributed by atoms with Gasteiger partial charge < -0.3 is 19.6 Å². The number of rotatable bonds is 7. The fourth-order valence-corrected chi connectivity index (χ4v) is 3.22. The second-order valence-electron chi connectivity index (χ2n) is 7.01. The number of aliphatic hydroxyl groups is 1. The molecule has 152 valence electrons. The Morgan fingerprint density at radius 3 is 2.62 bits per heavy atom. The van der Waals surface area contributed by atoms with E-state index in [-0.39, 0.29) is 12.5 Å². The molecule has 0 aliphatic carbocycles. The first-order valence-electron chi connectivity index (χ1n) is 9.63. The standard InChI is InChI=1S/C23H25NO5/c1-4-16-12-21(26)29-20-11-14(2)10-19(22(16)20)28-15(3)23(27)24-13-18(25)17-8-6-5-7-9-17/h5-12,15,18,25H,4,13H2,1-3H3,(H,24,27)/t15-,18+/m0/s1. The summed E-state index contributed by atoms with van der Waals surface area (Å²) < 4.78 is 11.3. The molecule has 3 aromatic rings. The number of ether oxygens (including phenoxy) is 1. The van der Waals surface area contributed by atoms with E-state index in [1.165, 1.54) is 6.07 Å². The summed E-state index contributed by atoms with van der Waals surface area (Å²) in [4.78, 5) is 24.3. The van der Waals surface area contributed by atoms with Crippen molar-refractivity contribution in [3.8, 4) is 5.75 Å². The lowest BCUT2D eigenvalue weighted by atomic mass is 10.0. The highest BCUT2D eigenvalue weighted by Gasteiger charge is 2.19. The number of aryl methyl sites for hydroxylation is 2. The number of carbonyl (C=O) groups excluding carboxylic acids is 1. The fraction of sp³-hybridized carbons (Fsp3) is 0.304. The summed E-state index contributed by atoms with van der Waals surface area (Å²) >= 11 is 0. The Morgan fingerprint density at radius 2 is 1.93 bits per heavy atom. The fourth-order valence-electron chi connectivity index (χ4n) is 3.22. The van der Waals surface area contributed by atoms with E-state index in [0.717, 1.165) is 16.7 Å². The maximum absolute atomic E-state index is 12.5. The summed E-state index contributed by atoms with van der Waals surface area (Å²) in [6.45, 7) is 5.54. The van der Waals surface area contributed by atoms with Gasteiger partial charge in [-0.15, -0.1) is 0 Å². The van der Waals surface area contributed by atoms with E-state index >= 15 is 0 Å². The zero-order valence-corrected chi connectivity index (χ0v) is 16.8. The molecule has 0 aliphatic rings. The van der Waals surface area contributed by atoms with Gasteiger partial charge in [-0.2, -0.15) is 0 Å². The predicted molar refractivity (Wildman–Crippen MR) is 111 cm³/mol. The predicted octanol–water partition coefficient (Wildman–Crippen LogP) is 3.28. The van der Waals surface area contributed by atoms with Gasteiger partial charge >= 0.3 is 5.63 Å². The summed E-state index contributed by atoms with van der Waals surface area (Å²) in [5.74, 6) is 0.150. The second kappa shape index (κ2) is 8.92. The third-order valence-electron chi connectivity index (χ3n) is 4.74. The summed E-state index contributed by atoms with van der Waals surface area (Å²) in [7, 11) is 0. The van der Waals surface area contributed by atoms with Gasteiger partial charge in [-0.05, 0) is 49.1 Å². The van der Waals surface area contributed by atoms with Crippen LogP contribution in [-0.2, 0) is 11.2 Å². The molecule has 0 aliphatic heterocycles. The van der Waals surface area contributed by atoms with Crippen molar-refractivity contribution < 1.29 is 19.1 Å². The topological polar surface area (TPSA) is 88.8 Å². The molecule has 2 aromatic carbocycles. The van der Waals surface area contributed by atoms with Crippen molar-refractivity contribution in [1.29, 1.82) is 0 Å². The van der Waals surface area contributed by atoms with E-state index in [4.69, 9.17) is 9.15 Å². The number of aliphatic hydroxyl groups excluding tert-OH is 1. The Labute approximate surface area is 169 Å². The molecule has 1 heterocycles. The van der Waals surface area contributed by atoms with Crippen LogP contribution in [-0.4, -0.2) is 23.7 Å². The highest BCUT2D eigenvalue weighted by Crippen LogP contribution is 2.31. The molecule has 0 saturated heterocycles. The van der Waals surface area contributed by atoms with Gasteiger partial charge in [0.2, 0.25) is 0 Å². The van der Waals surface area contributed by atoms with Crippen LogP contribution in [0.5, 0.6) is 5.75 Å². The molecular formula is C23H25NO5. The van der Waals surface area contributed by atoms with Crippen LogP contribution in [0.3, 0.4) is 0 Å². The van der Waals surface area contributed by atoms with Crippen molar-refractivity contribution >= 4 is 16.9 Å². The molecule has 0 saturated carbocycles. The normalized spacial score (nSPS) is 13.1. The average Bonchev–Trinajstić information content (AvgIpc) is 2.71. The lowest BCUT2D eigenvalue weighted by Crippen LogP contribution is -2.38. The van der Waals surface area contributed by atoms with Crippen LogP contribution < -0.4 is 15.7 Å². The van der Waals surface area contributed by atoms with Gasteiger partial charge in [0, 0.05) is 12.6 Å². The Kier molecular flexibility index (Phi) is 6.34. The first-order chi connectivity index (χ1) is 13.9. The summed E-state index contributed by atoms with van der Waals surface area (Å²) in [6.07, 6.45) is -0.960. The van der Waals surface area contributed by atoms with Crippen molar-refractivity contribution in [2.24, 2.45) is 0 Å². The van der Waals surface area contributed by atoms with Gasteiger partial charge in [-0.25, -0.2) is 4.79 Å². The maximum atomic E-state index is 12.5. The Hall–Kier alpha value is -3.12.